The monoisotopic (exact) mass is 448 g/mol. The minimum atomic E-state index is -1.09. The predicted molar refractivity (Wildman–Crippen MR) is 117 cm³/mol. The lowest BCUT2D eigenvalue weighted by molar-refractivity contribution is -0.151. The SMILES string of the molecule is CC(C)(C)c1ccc(C#CSC2OCC(CC(=O)O)C(CC(=O)O)C2CC(=O)O)cc1. The molecule has 4 unspecified atom stereocenters. The summed E-state index contributed by atoms with van der Waals surface area (Å²) in [6.07, 6.45) is -0.886. The van der Waals surface area contributed by atoms with Crippen LogP contribution in [0.25, 0.3) is 0 Å². The highest BCUT2D eigenvalue weighted by atomic mass is 32.2. The van der Waals surface area contributed by atoms with Gasteiger partial charge in [-0.25, -0.2) is 0 Å². The van der Waals surface area contributed by atoms with E-state index < -0.39 is 41.1 Å². The fraction of sp³-hybridized carbons (Fsp3) is 0.522. The van der Waals surface area contributed by atoms with E-state index in [0.717, 1.165) is 17.3 Å². The highest BCUT2D eigenvalue weighted by Crippen LogP contribution is 2.41. The fourth-order valence-electron chi connectivity index (χ4n) is 3.74. The van der Waals surface area contributed by atoms with E-state index in [9.17, 15) is 24.6 Å². The van der Waals surface area contributed by atoms with E-state index in [1.165, 1.54) is 5.56 Å². The molecule has 1 aliphatic heterocycles. The van der Waals surface area contributed by atoms with E-state index in [0.29, 0.717) is 0 Å². The molecule has 1 fully saturated rings. The van der Waals surface area contributed by atoms with Crippen molar-refractivity contribution >= 4 is 29.7 Å². The number of rotatable bonds is 7. The Bertz CT molecular complexity index is 861. The van der Waals surface area contributed by atoms with Gasteiger partial charge in [0.2, 0.25) is 0 Å². The normalized spacial score (nSPS) is 23.5. The van der Waals surface area contributed by atoms with Crippen LogP contribution in [0.2, 0.25) is 0 Å². The molecule has 7 nitrogen and oxygen atoms in total. The van der Waals surface area contributed by atoms with Crippen molar-refractivity contribution in [2.24, 2.45) is 17.8 Å². The van der Waals surface area contributed by atoms with Crippen molar-refractivity contribution < 1.29 is 34.4 Å². The third-order valence-electron chi connectivity index (χ3n) is 5.36. The van der Waals surface area contributed by atoms with Crippen LogP contribution >= 0.6 is 11.8 Å². The van der Waals surface area contributed by atoms with E-state index in [4.69, 9.17) is 9.84 Å². The molecule has 0 saturated carbocycles. The van der Waals surface area contributed by atoms with Crippen molar-refractivity contribution in [3.63, 3.8) is 0 Å². The lowest BCUT2D eigenvalue weighted by Crippen LogP contribution is -2.43. The minimum absolute atomic E-state index is 0.0341. The van der Waals surface area contributed by atoms with Gasteiger partial charge in [-0.15, -0.1) is 0 Å². The van der Waals surface area contributed by atoms with Crippen LogP contribution in [0.3, 0.4) is 0 Å². The van der Waals surface area contributed by atoms with Crippen molar-refractivity contribution in [3.8, 4) is 11.2 Å². The Labute approximate surface area is 186 Å². The number of aliphatic carboxylic acids is 3. The van der Waals surface area contributed by atoms with Crippen molar-refractivity contribution in [1.29, 1.82) is 0 Å². The Morgan fingerprint density at radius 3 is 2.03 bits per heavy atom. The third kappa shape index (κ3) is 7.60. The van der Waals surface area contributed by atoms with Gasteiger partial charge >= 0.3 is 17.9 Å². The average molecular weight is 449 g/mol. The van der Waals surface area contributed by atoms with Crippen molar-refractivity contribution in [3.05, 3.63) is 35.4 Å². The summed E-state index contributed by atoms with van der Waals surface area (Å²) in [6, 6.07) is 7.86. The van der Waals surface area contributed by atoms with Gasteiger partial charge in [-0.05, 0) is 52.0 Å². The molecule has 4 atom stereocenters. The first-order valence-electron chi connectivity index (χ1n) is 10.0. The van der Waals surface area contributed by atoms with E-state index in [-0.39, 0.29) is 31.3 Å². The zero-order chi connectivity index (χ0) is 23.2. The maximum absolute atomic E-state index is 11.4. The number of carboxylic acid groups (broad SMARTS) is 3. The number of ether oxygens (including phenoxy) is 1. The molecule has 0 bridgehead atoms. The minimum Gasteiger partial charge on any atom is -0.481 e. The molecule has 31 heavy (non-hydrogen) atoms. The molecule has 168 valence electrons. The largest absolute Gasteiger partial charge is 0.481 e. The average Bonchev–Trinajstić information content (AvgIpc) is 2.64. The molecule has 0 spiro atoms. The lowest BCUT2D eigenvalue weighted by atomic mass is 9.75. The summed E-state index contributed by atoms with van der Waals surface area (Å²) in [5.74, 6) is -2.07. The van der Waals surface area contributed by atoms with Gasteiger partial charge in [0.1, 0.15) is 5.44 Å². The molecule has 2 rings (SSSR count). The Morgan fingerprint density at radius 1 is 0.968 bits per heavy atom. The summed E-state index contributed by atoms with van der Waals surface area (Å²) < 4.78 is 5.76. The maximum atomic E-state index is 11.4. The van der Waals surface area contributed by atoms with Crippen molar-refractivity contribution in [2.75, 3.05) is 6.61 Å². The zero-order valence-corrected chi connectivity index (χ0v) is 18.6. The number of benzene rings is 1. The number of carboxylic acids is 3. The van der Waals surface area contributed by atoms with Gasteiger partial charge in [0.05, 0.1) is 19.4 Å². The summed E-state index contributed by atoms with van der Waals surface area (Å²) in [4.78, 5) is 34.0. The number of hydrogen-bond donors (Lipinski definition) is 3. The molecule has 1 aromatic carbocycles. The van der Waals surface area contributed by atoms with Gasteiger partial charge in [-0.1, -0.05) is 38.8 Å². The Morgan fingerprint density at radius 2 is 1.52 bits per heavy atom. The van der Waals surface area contributed by atoms with Crippen LogP contribution in [0.1, 0.15) is 51.2 Å². The van der Waals surface area contributed by atoms with Crippen LogP contribution in [0.15, 0.2) is 24.3 Å². The van der Waals surface area contributed by atoms with Crippen LogP contribution < -0.4 is 0 Å². The van der Waals surface area contributed by atoms with E-state index in [1.807, 2.05) is 24.3 Å². The number of hydrogen-bond acceptors (Lipinski definition) is 5. The zero-order valence-electron chi connectivity index (χ0n) is 17.8. The molecular formula is C23H28O7S. The second kappa shape index (κ2) is 10.7. The summed E-state index contributed by atoms with van der Waals surface area (Å²) >= 11 is 1.12. The molecule has 1 aliphatic rings. The molecule has 8 heteroatoms. The second-order valence-electron chi connectivity index (χ2n) is 8.76. The highest BCUT2D eigenvalue weighted by Gasteiger charge is 2.43. The van der Waals surface area contributed by atoms with Crippen LogP contribution in [0.4, 0.5) is 0 Å². The van der Waals surface area contributed by atoms with Crippen molar-refractivity contribution in [2.45, 2.75) is 50.9 Å². The maximum Gasteiger partial charge on any atom is 0.303 e. The number of thioether (sulfide) groups is 1. The molecule has 0 amide bonds. The van der Waals surface area contributed by atoms with Crippen LogP contribution in [-0.4, -0.2) is 45.3 Å². The Balaban J connectivity index is 2.18. The topological polar surface area (TPSA) is 121 Å². The van der Waals surface area contributed by atoms with Crippen LogP contribution in [-0.2, 0) is 24.5 Å². The van der Waals surface area contributed by atoms with Gasteiger partial charge in [0.15, 0.2) is 0 Å². The fourth-order valence-corrected chi connectivity index (χ4v) is 4.65. The quantitative estimate of drug-likeness (QED) is 0.541. The van der Waals surface area contributed by atoms with E-state index in [2.05, 4.69) is 31.9 Å². The molecule has 1 heterocycles. The highest BCUT2D eigenvalue weighted by molar-refractivity contribution is 8.04. The molecule has 3 N–H and O–H groups in total. The lowest BCUT2D eigenvalue weighted by Gasteiger charge is -2.40. The molecular weight excluding hydrogens is 420 g/mol. The Kier molecular flexibility index (Phi) is 8.54. The summed E-state index contributed by atoms with van der Waals surface area (Å²) in [5.41, 5.74) is 1.37. The van der Waals surface area contributed by atoms with Crippen LogP contribution in [0, 0.1) is 28.9 Å². The molecule has 0 aromatic heterocycles. The van der Waals surface area contributed by atoms with Gasteiger partial charge in [-0.2, -0.15) is 0 Å². The molecule has 1 saturated heterocycles. The number of carbonyl (C=O) groups is 3. The van der Waals surface area contributed by atoms with E-state index in [1.54, 1.807) is 0 Å². The Hall–Kier alpha value is -2.50. The molecule has 0 radical (unpaired) electrons. The summed E-state index contributed by atoms with van der Waals surface area (Å²) in [7, 11) is 0. The van der Waals surface area contributed by atoms with Gasteiger partial charge in [0, 0.05) is 17.9 Å². The molecule has 1 aromatic rings. The third-order valence-corrected chi connectivity index (χ3v) is 6.30. The predicted octanol–water partition coefficient (Wildman–Crippen LogP) is 3.66. The smallest absolute Gasteiger partial charge is 0.303 e. The van der Waals surface area contributed by atoms with Crippen molar-refractivity contribution in [1.82, 2.24) is 0 Å². The first kappa shape index (κ1) is 24.8. The van der Waals surface area contributed by atoms with Gasteiger partial charge in [-0.3, -0.25) is 14.4 Å². The standard InChI is InChI=1S/C23H28O7S/c1-23(2,3)16-6-4-14(5-7-16)8-9-31-22-18(12-21(28)29)17(11-20(26)27)15(13-30-22)10-19(24)25/h4-7,15,17-18,22H,10-13H2,1-3H3,(H,24,25)(H,26,27)(H,28,29). The summed E-state index contributed by atoms with van der Waals surface area (Å²) in [5, 5.41) is 30.7. The second-order valence-corrected chi connectivity index (χ2v) is 9.66. The first-order chi connectivity index (χ1) is 14.5. The van der Waals surface area contributed by atoms with Gasteiger partial charge in [0.25, 0.3) is 0 Å². The summed E-state index contributed by atoms with van der Waals surface area (Å²) in [6.45, 7) is 6.42. The van der Waals surface area contributed by atoms with Gasteiger partial charge < -0.3 is 20.1 Å². The first-order valence-corrected chi connectivity index (χ1v) is 10.9. The molecule has 0 aliphatic carbocycles. The van der Waals surface area contributed by atoms with Crippen LogP contribution in [0.5, 0.6) is 0 Å². The van der Waals surface area contributed by atoms with E-state index >= 15 is 0 Å².